The lowest BCUT2D eigenvalue weighted by molar-refractivity contribution is 0.0322. The van der Waals surface area contributed by atoms with Crippen molar-refractivity contribution in [1.29, 1.82) is 0 Å². The molecule has 2 rings (SSSR count). The van der Waals surface area contributed by atoms with Crippen LogP contribution in [0, 0.1) is 5.82 Å². The lowest BCUT2D eigenvalue weighted by Gasteiger charge is -2.26. The molecule has 0 atom stereocenters. The Morgan fingerprint density at radius 3 is 2.84 bits per heavy atom. The van der Waals surface area contributed by atoms with E-state index in [1.165, 1.54) is 12.1 Å². The van der Waals surface area contributed by atoms with Gasteiger partial charge >= 0.3 is 0 Å². The Kier molecular flexibility index (Phi) is 5.57. The van der Waals surface area contributed by atoms with Crippen LogP contribution in [0.4, 0.5) is 4.39 Å². The van der Waals surface area contributed by atoms with E-state index < -0.39 is 0 Å². The first kappa shape index (κ1) is 14.2. The van der Waals surface area contributed by atoms with Gasteiger partial charge in [0, 0.05) is 32.2 Å². The summed E-state index contributed by atoms with van der Waals surface area (Å²) in [7, 11) is 1.84. The molecule has 0 aliphatic carbocycles. The molecule has 1 fully saturated rings. The van der Waals surface area contributed by atoms with Crippen LogP contribution in [-0.2, 0) is 11.3 Å². The Hall–Kier alpha value is -1.17. The minimum absolute atomic E-state index is 0.255. The third-order valence-corrected chi connectivity index (χ3v) is 3.09. The van der Waals surface area contributed by atoms with E-state index in [9.17, 15) is 4.39 Å². The van der Waals surface area contributed by atoms with Crippen molar-refractivity contribution in [2.24, 2.45) is 0 Å². The summed E-state index contributed by atoms with van der Waals surface area (Å²) in [6.45, 7) is 5.51. The van der Waals surface area contributed by atoms with Crippen LogP contribution in [-0.4, -0.2) is 51.4 Å². The molecule has 106 valence electrons. The summed E-state index contributed by atoms with van der Waals surface area (Å²) in [4.78, 5) is 2.29. The third-order valence-electron chi connectivity index (χ3n) is 3.09. The van der Waals surface area contributed by atoms with Crippen LogP contribution in [0.3, 0.4) is 0 Å². The largest absolute Gasteiger partial charge is 0.492 e. The highest BCUT2D eigenvalue weighted by Gasteiger charge is 2.10. The van der Waals surface area contributed by atoms with Gasteiger partial charge in [0.2, 0.25) is 0 Å². The summed E-state index contributed by atoms with van der Waals surface area (Å²) in [5.74, 6) is 0.340. The quantitative estimate of drug-likeness (QED) is 0.842. The molecule has 0 amide bonds. The maximum absolute atomic E-state index is 13.4. The van der Waals surface area contributed by atoms with Gasteiger partial charge in [-0.15, -0.1) is 0 Å². The normalized spacial score (nSPS) is 16.5. The van der Waals surface area contributed by atoms with Gasteiger partial charge in [0.15, 0.2) is 0 Å². The standard InChI is InChI=1S/C14H21FN2O2/c1-16-11-12-8-13(15)10-14(9-12)19-7-4-17-2-5-18-6-3-17/h8-10,16H,2-7,11H2,1H3. The van der Waals surface area contributed by atoms with Gasteiger partial charge in [-0.05, 0) is 24.7 Å². The first-order valence-corrected chi connectivity index (χ1v) is 6.65. The van der Waals surface area contributed by atoms with E-state index in [0.29, 0.717) is 18.9 Å². The summed E-state index contributed by atoms with van der Waals surface area (Å²) >= 11 is 0. The highest BCUT2D eigenvalue weighted by atomic mass is 19.1. The maximum Gasteiger partial charge on any atom is 0.127 e. The smallest absolute Gasteiger partial charge is 0.127 e. The third kappa shape index (κ3) is 4.78. The zero-order valence-corrected chi connectivity index (χ0v) is 11.3. The van der Waals surface area contributed by atoms with Crippen LogP contribution in [0.5, 0.6) is 5.75 Å². The van der Waals surface area contributed by atoms with Gasteiger partial charge in [-0.2, -0.15) is 0 Å². The fraction of sp³-hybridized carbons (Fsp3) is 0.571. The number of ether oxygens (including phenoxy) is 2. The first-order valence-electron chi connectivity index (χ1n) is 6.65. The number of benzene rings is 1. The van der Waals surface area contributed by atoms with E-state index in [4.69, 9.17) is 9.47 Å². The molecule has 1 heterocycles. The van der Waals surface area contributed by atoms with Crippen molar-refractivity contribution in [3.05, 3.63) is 29.6 Å². The van der Waals surface area contributed by atoms with Crippen LogP contribution in [0.15, 0.2) is 18.2 Å². The predicted molar refractivity (Wildman–Crippen MR) is 71.9 cm³/mol. The average molecular weight is 268 g/mol. The minimum Gasteiger partial charge on any atom is -0.492 e. The second kappa shape index (κ2) is 7.43. The molecular formula is C14H21FN2O2. The highest BCUT2D eigenvalue weighted by molar-refractivity contribution is 5.29. The Bertz CT molecular complexity index is 395. The van der Waals surface area contributed by atoms with Gasteiger partial charge in [-0.1, -0.05) is 0 Å². The number of hydrogen-bond acceptors (Lipinski definition) is 4. The van der Waals surface area contributed by atoms with E-state index >= 15 is 0 Å². The molecule has 1 aromatic rings. The molecule has 1 aliphatic heterocycles. The lowest BCUT2D eigenvalue weighted by Crippen LogP contribution is -2.38. The van der Waals surface area contributed by atoms with Crippen LogP contribution in [0.25, 0.3) is 0 Å². The molecule has 0 unspecified atom stereocenters. The Morgan fingerprint density at radius 2 is 2.11 bits per heavy atom. The van der Waals surface area contributed by atoms with Crippen molar-refractivity contribution in [1.82, 2.24) is 10.2 Å². The average Bonchev–Trinajstić information content (AvgIpc) is 2.40. The summed E-state index contributed by atoms with van der Waals surface area (Å²) in [5, 5.41) is 3.00. The Labute approximate surface area is 113 Å². The Balaban J connectivity index is 1.81. The first-order chi connectivity index (χ1) is 9.28. The number of morpholine rings is 1. The van der Waals surface area contributed by atoms with Gasteiger partial charge in [0.25, 0.3) is 0 Å². The highest BCUT2D eigenvalue weighted by Crippen LogP contribution is 2.16. The van der Waals surface area contributed by atoms with Crippen molar-refractivity contribution in [2.45, 2.75) is 6.54 Å². The summed E-state index contributed by atoms with van der Waals surface area (Å²) < 4.78 is 24.3. The van der Waals surface area contributed by atoms with Crippen molar-refractivity contribution >= 4 is 0 Å². The number of rotatable bonds is 6. The molecule has 0 aromatic heterocycles. The van der Waals surface area contributed by atoms with Crippen molar-refractivity contribution in [3.8, 4) is 5.75 Å². The molecule has 5 heteroatoms. The fourth-order valence-electron chi connectivity index (χ4n) is 2.13. The van der Waals surface area contributed by atoms with Gasteiger partial charge in [-0.3, -0.25) is 4.90 Å². The fourth-order valence-corrected chi connectivity index (χ4v) is 2.13. The predicted octanol–water partition coefficient (Wildman–Crippen LogP) is 1.26. The molecular weight excluding hydrogens is 247 g/mol. The van der Waals surface area contributed by atoms with Gasteiger partial charge in [0.1, 0.15) is 18.2 Å². The number of nitrogens with one attached hydrogen (secondary N) is 1. The molecule has 19 heavy (non-hydrogen) atoms. The summed E-state index contributed by atoms with van der Waals surface area (Å²) in [5.41, 5.74) is 0.892. The minimum atomic E-state index is -0.255. The van der Waals surface area contributed by atoms with Gasteiger partial charge in [0.05, 0.1) is 13.2 Å². The van der Waals surface area contributed by atoms with E-state index in [1.807, 2.05) is 13.1 Å². The van der Waals surface area contributed by atoms with E-state index in [0.717, 1.165) is 38.4 Å². The van der Waals surface area contributed by atoms with Crippen molar-refractivity contribution in [2.75, 3.05) is 46.5 Å². The van der Waals surface area contributed by atoms with Crippen molar-refractivity contribution in [3.63, 3.8) is 0 Å². The molecule has 1 saturated heterocycles. The molecule has 1 aromatic carbocycles. The summed E-state index contributed by atoms with van der Waals surface area (Å²) in [6.07, 6.45) is 0. The maximum atomic E-state index is 13.4. The van der Waals surface area contributed by atoms with Crippen LogP contribution >= 0.6 is 0 Å². The second-order valence-electron chi connectivity index (χ2n) is 4.63. The van der Waals surface area contributed by atoms with E-state index in [2.05, 4.69) is 10.2 Å². The number of halogens is 1. The van der Waals surface area contributed by atoms with Crippen molar-refractivity contribution < 1.29 is 13.9 Å². The monoisotopic (exact) mass is 268 g/mol. The van der Waals surface area contributed by atoms with Gasteiger partial charge < -0.3 is 14.8 Å². The second-order valence-corrected chi connectivity index (χ2v) is 4.63. The molecule has 4 nitrogen and oxygen atoms in total. The number of hydrogen-bond donors (Lipinski definition) is 1. The SMILES string of the molecule is CNCc1cc(F)cc(OCCN2CCOCC2)c1. The van der Waals surface area contributed by atoms with Gasteiger partial charge in [-0.25, -0.2) is 4.39 Å². The summed E-state index contributed by atoms with van der Waals surface area (Å²) in [6, 6.07) is 4.82. The molecule has 0 spiro atoms. The molecule has 0 radical (unpaired) electrons. The van der Waals surface area contributed by atoms with Crippen LogP contribution < -0.4 is 10.1 Å². The Morgan fingerprint density at radius 1 is 1.32 bits per heavy atom. The molecule has 1 N–H and O–H groups in total. The van der Waals surface area contributed by atoms with E-state index in [1.54, 1.807) is 0 Å². The van der Waals surface area contributed by atoms with E-state index in [-0.39, 0.29) is 5.82 Å². The van der Waals surface area contributed by atoms with Crippen LogP contribution in [0.2, 0.25) is 0 Å². The van der Waals surface area contributed by atoms with Crippen LogP contribution in [0.1, 0.15) is 5.56 Å². The lowest BCUT2D eigenvalue weighted by atomic mass is 10.2. The zero-order chi connectivity index (χ0) is 13.5. The molecule has 0 bridgehead atoms. The topological polar surface area (TPSA) is 33.7 Å². The number of nitrogens with zero attached hydrogens (tertiary/aromatic N) is 1. The molecule has 1 aliphatic rings. The zero-order valence-electron chi connectivity index (χ0n) is 11.3. The molecule has 0 saturated carbocycles.